The molecule has 5 unspecified atom stereocenters. The predicted octanol–water partition coefficient (Wildman–Crippen LogP) is 13.8. The molecule has 268 valence electrons. The number of hydrogen-bond donors (Lipinski definition) is 0. The van der Waals surface area contributed by atoms with Crippen molar-refractivity contribution in [2.45, 2.75) is 82.5 Å². The molecule has 1 aliphatic heterocycles. The molecule has 54 heavy (non-hydrogen) atoms. The smallest absolute Gasteiger partial charge is 0.155 e. The highest BCUT2D eigenvalue weighted by molar-refractivity contribution is 5.89. The van der Waals surface area contributed by atoms with Gasteiger partial charge in [0.2, 0.25) is 0 Å². The Hall–Kier alpha value is -4.82. The van der Waals surface area contributed by atoms with E-state index in [0.717, 1.165) is 34.7 Å². The lowest BCUT2D eigenvalue weighted by Crippen LogP contribution is -2.74. The number of ether oxygens (including phenoxy) is 1. The number of benzene rings is 6. The van der Waals surface area contributed by atoms with Gasteiger partial charge < -0.3 is 9.64 Å². The second-order valence-corrected chi connectivity index (χ2v) is 19.3. The molecule has 1 heterocycles. The Morgan fingerprint density at radius 2 is 1.26 bits per heavy atom. The first-order valence-corrected chi connectivity index (χ1v) is 20.6. The number of anilines is 3. The molecule has 2 heteroatoms. The fourth-order valence-electron chi connectivity index (χ4n) is 13.6. The van der Waals surface area contributed by atoms with Crippen molar-refractivity contribution in [2.75, 3.05) is 4.90 Å². The maximum absolute atomic E-state index is 7.23. The van der Waals surface area contributed by atoms with E-state index < -0.39 is 0 Å². The summed E-state index contributed by atoms with van der Waals surface area (Å²) in [6, 6.07) is 48.3. The molecule has 6 atom stereocenters. The van der Waals surface area contributed by atoms with Crippen molar-refractivity contribution in [2.24, 2.45) is 29.1 Å². The summed E-state index contributed by atoms with van der Waals surface area (Å²) in [4.78, 5) is 2.52. The minimum Gasteiger partial charge on any atom is -0.455 e. The van der Waals surface area contributed by atoms with Crippen LogP contribution in [0.5, 0.6) is 11.5 Å². The monoisotopic (exact) mass is 703 g/mol. The third-order valence-electron chi connectivity index (χ3n) is 16.0. The molecule has 0 saturated heterocycles. The van der Waals surface area contributed by atoms with Crippen LogP contribution >= 0.6 is 0 Å². The lowest BCUT2D eigenvalue weighted by Gasteiger charge is -2.77. The first-order chi connectivity index (χ1) is 26.2. The fourth-order valence-corrected chi connectivity index (χ4v) is 13.6. The molecule has 4 fully saturated rings. The maximum atomic E-state index is 7.23. The van der Waals surface area contributed by atoms with Crippen LogP contribution in [0.1, 0.15) is 88.5 Å². The lowest BCUT2D eigenvalue weighted by atomic mass is 9.26. The van der Waals surface area contributed by atoms with E-state index >= 15 is 0 Å². The van der Waals surface area contributed by atoms with Crippen molar-refractivity contribution in [3.63, 3.8) is 0 Å². The Labute approximate surface area is 320 Å². The molecule has 2 bridgehead atoms. The van der Waals surface area contributed by atoms with Crippen LogP contribution in [0.25, 0.3) is 21.9 Å². The second kappa shape index (κ2) is 10.5. The van der Waals surface area contributed by atoms with Crippen LogP contribution in [-0.2, 0) is 16.2 Å². The van der Waals surface area contributed by atoms with Gasteiger partial charge in [0.15, 0.2) is 5.75 Å². The van der Waals surface area contributed by atoms with Crippen LogP contribution in [-0.4, -0.2) is 0 Å². The van der Waals surface area contributed by atoms with Crippen molar-refractivity contribution >= 4 is 27.8 Å². The normalized spacial score (nSPS) is 29.6. The highest BCUT2D eigenvalue weighted by atomic mass is 16.5. The summed E-state index contributed by atoms with van der Waals surface area (Å²) in [5.74, 6) is 5.42. The van der Waals surface area contributed by atoms with Crippen LogP contribution in [0.4, 0.5) is 17.1 Å². The van der Waals surface area contributed by atoms with Gasteiger partial charge in [-0.2, -0.15) is 0 Å². The van der Waals surface area contributed by atoms with Crippen molar-refractivity contribution in [1.29, 1.82) is 0 Å². The second-order valence-electron chi connectivity index (χ2n) is 19.3. The van der Waals surface area contributed by atoms with Crippen molar-refractivity contribution < 1.29 is 4.74 Å². The number of fused-ring (bicyclic) bond motifs is 9. The van der Waals surface area contributed by atoms with Crippen molar-refractivity contribution in [1.82, 2.24) is 0 Å². The minimum absolute atomic E-state index is 0.0410. The Bertz CT molecular complexity index is 2540. The van der Waals surface area contributed by atoms with E-state index in [-0.39, 0.29) is 16.2 Å². The van der Waals surface area contributed by atoms with E-state index in [4.69, 9.17) is 4.74 Å². The van der Waals surface area contributed by atoms with E-state index in [9.17, 15) is 0 Å². The van der Waals surface area contributed by atoms with Gasteiger partial charge in [0.25, 0.3) is 0 Å². The van der Waals surface area contributed by atoms with Gasteiger partial charge in [-0.3, -0.25) is 0 Å². The Morgan fingerprint density at radius 1 is 0.556 bits per heavy atom. The zero-order valence-corrected chi connectivity index (χ0v) is 32.0. The zero-order valence-electron chi connectivity index (χ0n) is 32.0. The van der Waals surface area contributed by atoms with Crippen LogP contribution in [0.15, 0.2) is 127 Å². The minimum atomic E-state index is 0.0410. The predicted molar refractivity (Wildman–Crippen MR) is 222 cm³/mol. The summed E-state index contributed by atoms with van der Waals surface area (Å²) in [6.07, 6.45) is 8.08. The van der Waals surface area contributed by atoms with Crippen LogP contribution in [0.2, 0.25) is 0 Å². The maximum Gasteiger partial charge on any atom is 0.155 e. The molecule has 0 amide bonds. The Morgan fingerprint density at radius 3 is 2.09 bits per heavy atom. The van der Waals surface area contributed by atoms with Gasteiger partial charge in [-0.1, -0.05) is 113 Å². The molecular weight excluding hydrogens is 655 g/mol. The van der Waals surface area contributed by atoms with Crippen LogP contribution in [0, 0.1) is 29.1 Å². The van der Waals surface area contributed by atoms with E-state index in [0.29, 0.717) is 17.3 Å². The van der Waals surface area contributed by atoms with Gasteiger partial charge in [-0.05, 0) is 154 Å². The first kappa shape index (κ1) is 31.5. The summed E-state index contributed by atoms with van der Waals surface area (Å²) in [5.41, 5.74) is 12.7. The fraction of sp³-hybridized carbons (Fsp3) is 0.346. The van der Waals surface area contributed by atoms with E-state index in [1.54, 1.807) is 0 Å². The molecule has 5 aliphatic carbocycles. The molecule has 6 aromatic rings. The van der Waals surface area contributed by atoms with Gasteiger partial charge in [0.05, 0.1) is 5.69 Å². The van der Waals surface area contributed by atoms with Gasteiger partial charge in [-0.25, -0.2) is 0 Å². The van der Waals surface area contributed by atoms with Crippen LogP contribution < -0.4 is 9.64 Å². The zero-order chi connectivity index (χ0) is 36.2. The molecule has 6 aliphatic rings. The molecule has 0 aromatic heterocycles. The summed E-state index contributed by atoms with van der Waals surface area (Å²) >= 11 is 0. The largest absolute Gasteiger partial charge is 0.455 e. The van der Waals surface area contributed by atoms with Gasteiger partial charge in [0, 0.05) is 27.9 Å². The Balaban J connectivity index is 1.05. The van der Waals surface area contributed by atoms with Gasteiger partial charge >= 0.3 is 0 Å². The molecule has 0 N–H and O–H groups in total. The summed E-state index contributed by atoms with van der Waals surface area (Å²) in [5, 5.41) is 2.55. The highest BCUT2D eigenvalue weighted by Crippen LogP contribution is 2.89. The molecule has 4 saturated carbocycles. The van der Waals surface area contributed by atoms with Gasteiger partial charge in [-0.15, -0.1) is 0 Å². The van der Waals surface area contributed by atoms with E-state index in [1.165, 1.54) is 88.4 Å². The lowest BCUT2D eigenvalue weighted by molar-refractivity contribution is -0.235. The molecule has 2 nitrogen and oxygen atoms in total. The number of hydrogen-bond acceptors (Lipinski definition) is 2. The van der Waals surface area contributed by atoms with Crippen LogP contribution in [0.3, 0.4) is 0 Å². The molecule has 12 rings (SSSR count). The van der Waals surface area contributed by atoms with E-state index in [1.807, 2.05) is 0 Å². The third kappa shape index (κ3) is 3.87. The number of nitrogens with zero attached hydrogens (tertiary/aromatic N) is 1. The highest BCUT2D eigenvalue weighted by Gasteiger charge is 2.84. The van der Waals surface area contributed by atoms with E-state index in [2.05, 4.69) is 160 Å². The standard InChI is InChI=1S/C52H49NO/c1-49(2)24-25-50(3,4)43-30-39(22-23-40(43)49)53(38-20-18-34(19-21-38)36-17-16-33-10-5-6-11-35(33)28-36)44-14-9-13-42-48(44)54-45-15-8-7-12-41(45)52(42)46-27-32-26-37-29-47(52)51(37,46)31-32/h5-23,28,30,32,37,46-47H,24-27,29,31H2,1-4H3/t32?,37?,46?,47?,51-,52?/m0/s1. The molecule has 2 spiro atoms. The number of rotatable bonds is 4. The SMILES string of the molecule is CC1(C)CCC(C)(C)c2cc(N(c3ccc(-c4ccc5ccccc5c4)cc3)c3cccc4c3Oc3ccccc3C43C4CC5CC6CC3[C@@]64C5)ccc21. The average Bonchev–Trinajstić information content (AvgIpc) is 3.72. The summed E-state index contributed by atoms with van der Waals surface area (Å²) < 4.78 is 7.23. The van der Waals surface area contributed by atoms with Gasteiger partial charge in [0.1, 0.15) is 5.75 Å². The molecule has 0 radical (unpaired) electrons. The first-order valence-electron chi connectivity index (χ1n) is 20.6. The molecule has 6 aromatic carbocycles. The number of para-hydroxylation sites is 2. The third-order valence-corrected chi connectivity index (χ3v) is 16.0. The summed E-state index contributed by atoms with van der Waals surface area (Å²) in [6.45, 7) is 9.73. The average molecular weight is 704 g/mol. The molecular formula is C52H49NO. The van der Waals surface area contributed by atoms with Crippen molar-refractivity contribution in [3.05, 3.63) is 150 Å². The van der Waals surface area contributed by atoms with Crippen molar-refractivity contribution in [3.8, 4) is 22.6 Å². The topological polar surface area (TPSA) is 12.5 Å². The summed E-state index contributed by atoms with van der Waals surface area (Å²) in [7, 11) is 0. The quantitative estimate of drug-likeness (QED) is 0.181. The Kier molecular flexibility index (Phi) is 6.12.